The molecule has 6 heteroatoms. The van der Waals surface area contributed by atoms with Gasteiger partial charge in [-0.15, -0.1) is 0 Å². The molecule has 0 saturated carbocycles. The van der Waals surface area contributed by atoms with E-state index in [1.807, 2.05) is 25.1 Å². The van der Waals surface area contributed by atoms with Gasteiger partial charge in [-0.25, -0.2) is 4.79 Å². The topological polar surface area (TPSA) is 67.9 Å². The molecule has 0 aliphatic carbocycles. The summed E-state index contributed by atoms with van der Waals surface area (Å²) < 4.78 is 10.7. The normalized spacial score (nSPS) is 16.4. The van der Waals surface area contributed by atoms with Gasteiger partial charge >= 0.3 is 6.09 Å². The smallest absolute Gasteiger partial charge is 0.411 e. The van der Waals surface area contributed by atoms with Crippen LogP contribution in [0.3, 0.4) is 0 Å². The Morgan fingerprint density at radius 1 is 1.22 bits per heavy atom. The van der Waals surface area contributed by atoms with Crippen LogP contribution in [0.15, 0.2) is 48.5 Å². The summed E-state index contributed by atoms with van der Waals surface area (Å²) in [7, 11) is 0. The van der Waals surface area contributed by atoms with Crippen LogP contribution in [0.25, 0.3) is 0 Å². The highest BCUT2D eigenvalue weighted by Crippen LogP contribution is 2.32. The molecule has 27 heavy (non-hydrogen) atoms. The van der Waals surface area contributed by atoms with Gasteiger partial charge in [0, 0.05) is 23.5 Å². The fourth-order valence-electron chi connectivity index (χ4n) is 3.28. The van der Waals surface area contributed by atoms with E-state index >= 15 is 0 Å². The van der Waals surface area contributed by atoms with E-state index in [-0.39, 0.29) is 11.9 Å². The Morgan fingerprint density at radius 2 is 2.00 bits per heavy atom. The lowest BCUT2D eigenvalue weighted by atomic mass is 10.1. The van der Waals surface area contributed by atoms with Crippen molar-refractivity contribution in [1.82, 2.24) is 0 Å². The number of carbonyl (C=O) groups excluding carboxylic acids is 2. The van der Waals surface area contributed by atoms with E-state index in [1.165, 1.54) is 5.56 Å². The molecule has 3 rings (SSSR count). The first-order chi connectivity index (χ1) is 13.0. The summed E-state index contributed by atoms with van der Waals surface area (Å²) >= 11 is 0. The van der Waals surface area contributed by atoms with Crippen LogP contribution >= 0.6 is 0 Å². The Bertz CT molecular complexity index is 836. The highest BCUT2D eigenvalue weighted by molar-refractivity contribution is 5.99. The molecule has 0 bridgehead atoms. The minimum atomic E-state index is -0.656. The average molecular weight is 368 g/mol. The van der Waals surface area contributed by atoms with Gasteiger partial charge in [0.1, 0.15) is 5.75 Å². The van der Waals surface area contributed by atoms with Crippen LogP contribution in [-0.4, -0.2) is 30.8 Å². The summed E-state index contributed by atoms with van der Waals surface area (Å²) in [5, 5.41) is 2.62. The molecular formula is C21H24N2O4. The Balaban J connectivity index is 1.69. The van der Waals surface area contributed by atoms with Crippen LogP contribution in [0.1, 0.15) is 26.3 Å². The van der Waals surface area contributed by atoms with Gasteiger partial charge in [0.2, 0.25) is 0 Å². The molecule has 2 unspecified atom stereocenters. The third-order valence-corrected chi connectivity index (χ3v) is 4.46. The van der Waals surface area contributed by atoms with Crippen molar-refractivity contribution in [2.75, 3.05) is 16.8 Å². The van der Waals surface area contributed by atoms with E-state index in [9.17, 15) is 9.59 Å². The van der Waals surface area contributed by atoms with Gasteiger partial charge in [-0.3, -0.25) is 10.1 Å². The van der Waals surface area contributed by atoms with Crippen LogP contribution in [0.4, 0.5) is 16.2 Å². The SMILES string of the molecule is CCOC(=O)Nc1cccc(OC(C)C(=O)N2c3ccccc3CC2C)c1. The second kappa shape index (κ2) is 8.12. The molecule has 6 nitrogen and oxygen atoms in total. The number of hydrogen-bond acceptors (Lipinski definition) is 4. The van der Waals surface area contributed by atoms with Crippen LogP contribution in [-0.2, 0) is 16.0 Å². The minimum absolute atomic E-state index is 0.0868. The van der Waals surface area contributed by atoms with Gasteiger partial charge < -0.3 is 14.4 Å². The quantitative estimate of drug-likeness (QED) is 0.866. The van der Waals surface area contributed by atoms with Gasteiger partial charge in [0.15, 0.2) is 6.10 Å². The molecule has 0 aromatic heterocycles. The third kappa shape index (κ3) is 4.22. The minimum Gasteiger partial charge on any atom is -0.481 e. The maximum atomic E-state index is 13.0. The van der Waals surface area contributed by atoms with Crippen molar-refractivity contribution in [2.45, 2.75) is 39.3 Å². The monoisotopic (exact) mass is 368 g/mol. The molecule has 0 saturated heterocycles. The third-order valence-electron chi connectivity index (χ3n) is 4.46. The molecule has 142 valence electrons. The number of nitrogens with zero attached hydrogens (tertiary/aromatic N) is 1. The molecule has 1 N–H and O–H groups in total. The summed E-state index contributed by atoms with van der Waals surface area (Å²) in [6.07, 6.45) is -0.342. The van der Waals surface area contributed by atoms with Crippen LogP contribution in [0.5, 0.6) is 5.75 Å². The van der Waals surface area contributed by atoms with Crippen molar-refractivity contribution >= 4 is 23.4 Å². The maximum absolute atomic E-state index is 13.0. The highest BCUT2D eigenvalue weighted by Gasteiger charge is 2.33. The molecule has 2 atom stereocenters. The lowest BCUT2D eigenvalue weighted by Crippen LogP contribution is -2.43. The van der Waals surface area contributed by atoms with Crippen LogP contribution in [0.2, 0.25) is 0 Å². The Labute approximate surface area is 159 Å². The Morgan fingerprint density at radius 3 is 2.78 bits per heavy atom. The Hall–Kier alpha value is -3.02. The zero-order chi connectivity index (χ0) is 19.4. The predicted octanol–water partition coefficient (Wildman–Crippen LogP) is 4.00. The molecule has 2 aromatic carbocycles. The van der Waals surface area contributed by atoms with Crippen molar-refractivity contribution in [2.24, 2.45) is 0 Å². The summed E-state index contributed by atoms with van der Waals surface area (Å²) in [5.41, 5.74) is 2.67. The second-order valence-corrected chi connectivity index (χ2v) is 6.52. The molecule has 1 heterocycles. The Kier molecular flexibility index (Phi) is 5.64. The zero-order valence-electron chi connectivity index (χ0n) is 15.8. The number of benzene rings is 2. The largest absolute Gasteiger partial charge is 0.481 e. The number of anilines is 2. The number of carbonyl (C=O) groups is 2. The lowest BCUT2D eigenvalue weighted by Gasteiger charge is -2.26. The number of amides is 2. The number of para-hydroxylation sites is 1. The number of rotatable bonds is 5. The molecule has 0 radical (unpaired) electrons. The fourth-order valence-corrected chi connectivity index (χ4v) is 3.28. The molecule has 2 amide bonds. The first-order valence-corrected chi connectivity index (χ1v) is 9.11. The molecule has 0 fully saturated rings. The van der Waals surface area contributed by atoms with Crippen molar-refractivity contribution in [3.8, 4) is 5.75 Å². The highest BCUT2D eigenvalue weighted by atomic mass is 16.5. The first-order valence-electron chi connectivity index (χ1n) is 9.11. The summed E-state index contributed by atoms with van der Waals surface area (Å²) in [6, 6.07) is 14.9. The van der Waals surface area contributed by atoms with Gasteiger partial charge in [-0.1, -0.05) is 24.3 Å². The molecule has 1 aliphatic rings. The number of fused-ring (bicyclic) bond motifs is 1. The molecule has 0 spiro atoms. The number of hydrogen-bond donors (Lipinski definition) is 1. The van der Waals surface area contributed by atoms with E-state index in [1.54, 1.807) is 43.0 Å². The summed E-state index contributed by atoms with van der Waals surface area (Å²) in [4.78, 5) is 26.3. The predicted molar refractivity (Wildman–Crippen MR) is 104 cm³/mol. The first kappa shape index (κ1) is 18.8. The molecule has 1 aliphatic heterocycles. The fraction of sp³-hybridized carbons (Fsp3) is 0.333. The van der Waals surface area contributed by atoms with E-state index in [0.717, 1.165) is 12.1 Å². The van der Waals surface area contributed by atoms with Crippen LogP contribution < -0.4 is 15.0 Å². The number of nitrogens with one attached hydrogen (secondary N) is 1. The van der Waals surface area contributed by atoms with Crippen LogP contribution in [0, 0.1) is 0 Å². The van der Waals surface area contributed by atoms with Gasteiger partial charge in [-0.05, 0) is 51.0 Å². The van der Waals surface area contributed by atoms with Crippen molar-refractivity contribution in [3.05, 3.63) is 54.1 Å². The van der Waals surface area contributed by atoms with Crippen molar-refractivity contribution < 1.29 is 19.1 Å². The molecular weight excluding hydrogens is 344 g/mol. The second-order valence-electron chi connectivity index (χ2n) is 6.52. The van der Waals surface area contributed by atoms with Gasteiger partial charge in [0.05, 0.1) is 6.61 Å². The van der Waals surface area contributed by atoms with E-state index in [0.29, 0.717) is 18.0 Å². The average Bonchev–Trinajstić information content (AvgIpc) is 2.97. The van der Waals surface area contributed by atoms with Crippen molar-refractivity contribution in [3.63, 3.8) is 0 Å². The van der Waals surface area contributed by atoms with E-state index in [2.05, 4.69) is 11.4 Å². The van der Waals surface area contributed by atoms with E-state index < -0.39 is 12.2 Å². The lowest BCUT2D eigenvalue weighted by molar-refractivity contribution is -0.124. The maximum Gasteiger partial charge on any atom is 0.411 e. The van der Waals surface area contributed by atoms with Gasteiger partial charge in [-0.2, -0.15) is 0 Å². The summed E-state index contributed by atoms with van der Waals surface area (Å²) in [6.45, 7) is 5.81. The van der Waals surface area contributed by atoms with E-state index in [4.69, 9.17) is 9.47 Å². The standard InChI is InChI=1S/C21H24N2O4/c1-4-26-21(25)22-17-9-7-10-18(13-17)27-15(3)20(24)23-14(2)12-16-8-5-6-11-19(16)23/h5-11,13-15H,4,12H2,1-3H3,(H,22,25). The number of ether oxygens (including phenoxy) is 2. The van der Waals surface area contributed by atoms with Gasteiger partial charge in [0.25, 0.3) is 5.91 Å². The zero-order valence-corrected chi connectivity index (χ0v) is 15.8. The summed E-state index contributed by atoms with van der Waals surface area (Å²) in [5.74, 6) is 0.418. The van der Waals surface area contributed by atoms with Crippen molar-refractivity contribution in [1.29, 1.82) is 0 Å². The molecule has 2 aromatic rings.